The van der Waals surface area contributed by atoms with Gasteiger partial charge >= 0.3 is 6.03 Å². The maximum Gasteiger partial charge on any atom is 0.322 e. The SMILES string of the molecule is CCCCCCC(C)SCC1NC(=O)NC1=O. The third-order valence-corrected chi connectivity index (χ3v) is 4.20. The summed E-state index contributed by atoms with van der Waals surface area (Å²) in [6, 6.07) is -0.707. The Labute approximate surface area is 107 Å². The Morgan fingerprint density at radius 2 is 2.06 bits per heavy atom. The van der Waals surface area contributed by atoms with E-state index in [1.54, 1.807) is 11.8 Å². The van der Waals surface area contributed by atoms with Gasteiger partial charge in [0, 0.05) is 11.0 Å². The molecule has 1 rings (SSSR count). The Kier molecular flexibility index (Phi) is 6.40. The highest BCUT2D eigenvalue weighted by Crippen LogP contribution is 2.19. The van der Waals surface area contributed by atoms with Gasteiger partial charge in [-0.15, -0.1) is 0 Å². The first-order chi connectivity index (χ1) is 8.13. The highest BCUT2D eigenvalue weighted by atomic mass is 32.2. The topological polar surface area (TPSA) is 58.2 Å². The van der Waals surface area contributed by atoms with Gasteiger partial charge in [0.15, 0.2) is 0 Å². The molecule has 0 aliphatic carbocycles. The van der Waals surface area contributed by atoms with Gasteiger partial charge in [-0.05, 0) is 6.42 Å². The van der Waals surface area contributed by atoms with Gasteiger partial charge in [0.1, 0.15) is 6.04 Å². The molecule has 0 radical (unpaired) electrons. The van der Waals surface area contributed by atoms with Crippen molar-refractivity contribution < 1.29 is 9.59 Å². The molecule has 2 unspecified atom stereocenters. The van der Waals surface area contributed by atoms with Crippen molar-refractivity contribution in [1.82, 2.24) is 10.6 Å². The fraction of sp³-hybridized carbons (Fsp3) is 0.833. The second-order valence-corrected chi connectivity index (χ2v) is 5.98. The predicted octanol–water partition coefficient (Wildman–Crippen LogP) is 2.29. The number of unbranched alkanes of at least 4 members (excludes halogenated alkanes) is 3. The molecule has 5 heteroatoms. The average Bonchev–Trinajstić information content (AvgIpc) is 2.61. The largest absolute Gasteiger partial charge is 0.325 e. The summed E-state index contributed by atoms with van der Waals surface area (Å²) in [5.74, 6) is 0.479. The molecule has 0 bridgehead atoms. The maximum absolute atomic E-state index is 11.3. The zero-order valence-electron chi connectivity index (χ0n) is 10.6. The molecule has 1 aliphatic rings. The lowest BCUT2D eigenvalue weighted by Crippen LogP contribution is -2.31. The van der Waals surface area contributed by atoms with E-state index in [-0.39, 0.29) is 18.0 Å². The smallest absolute Gasteiger partial charge is 0.322 e. The van der Waals surface area contributed by atoms with E-state index in [4.69, 9.17) is 0 Å². The summed E-state index contributed by atoms with van der Waals surface area (Å²) < 4.78 is 0. The number of nitrogens with one attached hydrogen (secondary N) is 2. The fourth-order valence-electron chi connectivity index (χ4n) is 1.78. The lowest BCUT2D eigenvalue weighted by atomic mass is 10.1. The minimum Gasteiger partial charge on any atom is -0.325 e. The van der Waals surface area contributed by atoms with E-state index in [9.17, 15) is 9.59 Å². The molecule has 1 aliphatic heterocycles. The number of hydrogen-bond acceptors (Lipinski definition) is 3. The van der Waals surface area contributed by atoms with E-state index in [1.165, 1.54) is 32.1 Å². The number of thioether (sulfide) groups is 1. The van der Waals surface area contributed by atoms with Crippen LogP contribution in [0.15, 0.2) is 0 Å². The van der Waals surface area contributed by atoms with Crippen LogP contribution >= 0.6 is 11.8 Å². The van der Waals surface area contributed by atoms with Crippen molar-refractivity contribution in [2.75, 3.05) is 5.75 Å². The predicted molar refractivity (Wildman–Crippen MR) is 71.1 cm³/mol. The van der Waals surface area contributed by atoms with Gasteiger partial charge in [-0.1, -0.05) is 39.5 Å². The Morgan fingerprint density at radius 1 is 1.29 bits per heavy atom. The van der Waals surface area contributed by atoms with E-state index < -0.39 is 0 Å². The maximum atomic E-state index is 11.3. The average molecular weight is 258 g/mol. The Hall–Kier alpha value is -0.710. The molecule has 2 atom stereocenters. The van der Waals surface area contributed by atoms with Crippen LogP contribution in [0.4, 0.5) is 4.79 Å². The molecule has 0 aromatic carbocycles. The van der Waals surface area contributed by atoms with Crippen LogP contribution in [-0.2, 0) is 4.79 Å². The molecule has 2 N–H and O–H groups in total. The number of rotatable bonds is 8. The van der Waals surface area contributed by atoms with E-state index >= 15 is 0 Å². The Bertz CT molecular complexity index is 271. The first-order valence-electron chi connectivity index (χ1n) is 6.36. The molecule has 17 heavy (non-hydrogen) atoms. The normalized spacial score (nSPS) is 21.2. The molecule has 4 nitrogen and oxygen atoms in total. The number of imide groups is 1. The molecule has 0 aromatic rings. The zero-order valence-corrected chi connectivity index (χ0v) is 11.4. The number of amides is 3. The molecule has 1 fully saturated rings. The van der Waals surface area contributed by atoms with Gasteiger partial charge in [0.2, 0.25) is 0 Å². The summed E-state index contributed by atoms with van der Waals surface area (Å²) in [5.41, 5.74) is 0. The molecular formula is C12H22N2O2S. The summed E-state index contributed by atoms with van der Waals surface area (Å²) in [6.07, 6.45) is 6.30. The van der Waals surface area contributed by atoms with Crippen LogP contribution < -0.4 is 10.6 Å². The summed E-state index contributed by atoms with van der Waals surface area (Å²) in [7, 11) is 0. The van der Waals surface area contributed by atoms with Crippen molar-refractivity contribution in [2.24, 2.45) is 0 Å². The molecule has 1 heterocycles. The number of hydrogen-bond donors (Lipinski definition) is 2. The lowest BCUT2D eigenvalue weighted by molar-refractivity contribution is -0.119. The molecule has 1 saturated heterocycles. The molecule has 0 aromatic heterocycles. The van der Waals surface area contributed by atoms with E-state index in [0.717, 1.165) is 0 Å². The van der Waals surface area contributed by atoms with Crippen LogP contribution in [0.3, 0.4) is 0 Å². The third-order valence-electron chi connectivity index (χ3n) is 2.87. The fourth-order valence-corrected chi connectivity index (χ4v) is 2.87. The molecule has 0 saturated carbocycles. The van der Waals surface area contributed by atoms with Crippen LogP contribution in [0.2, 0.25) is 0 Å². The Morgan fingerprint density at radius 3 is 2.65 bits per heavy atom. The van der Waals surface area contributed by atoms with Crippen molar-refractivity contribution in [3.63, 3.8) is 0 Å². The van der Waals surface area contributed by atoms with Crippen LogP contribution in [0.1, 0.15) is 46.0 Å². The summed E-state index contributed by atoms with van der Waals surface area (Å²) in [6.45, 7) is 4.39. The number of carbonyl (C=O) groups is 2. The van der Waals surface area contributed by atoms with Crippen molar-refractivity contribution in [3.8, 4) is 0 Å². The highest BCUT2D eigenvalue weighted by Gasteiger charge is 2.29. The van der Waals surface area contributed by atoms with Crippen molar-refractivity contribution in [2.45, 2.75) is 57.2 Å². The summed E-state index contributed by atoms with van der Waals surface area (Å²) in [5, 5.41) is 5.42. The number of urea groups is 1. The van der Waals surface area contributed by atoms with Crippen LogP contribution in [0, 0.1) is 0 Å². The van der Waals surface area contributed by atoms with Gasteiger partial charge in [0.25, 0.3) is 5.91 Å². The van der Waals surface area contributed by atoms with Crippen LogP contribution in [-0.4, -0.2) is 29.0 Å². The zero-order chi connectivity index (χ0) is 12.7. The second kappa shape index (κ2) is 7.58. The highest BCUT2D eigenvalue weighted by molar-refractivity contribution is 7.99. The standard InChI is InChI=1S/C12H22N2O2S/c1-3-4-5-6-7-9(2)17-8-10-11(15)14-12(16)13-10/h9-10H,3-8H2,1-2H3,(H2,13,14,15,16). The van der Waals surface area contributed by atoms with Gasteiger partial charge in [-0.3, -0.25) is 10.1 Å². The van der Waals surface area contributed by atoms with E-state index in [1.807, 2.05) is 0 Å². The molecule has 0 spiro atoms. The molecule has 3 amide bonds. The van der Waals surface area contributed by atoms with E-state index in [0.29, 0.717) is 11.0 Å². The van der Waals surface area contributed by atoms with Gasteiger partial charge < -0.3 is 5.32 Å². The number of carbonyl (C=O) groups excluding carboxylic acids is 2. The molecular weight excluding hydrogens is 236 g/mol. The van der Waals surface area contributed by atoms with Crippen molar-refractivity contribution >= 4 is 23.7 Å². The second-order valence-electron chi connectivity index (χ2n) is 4.51. The van der Waals surface area contributed by atoms with Crippen molar-refractivity contribution in [1.29, 1.82) is 0 Å². The van der Waals surface area contributed by atoms with Gasteiger partial charge in [-0.25, -0.2) is 4.79 Å². The Balaban J connectivity index is 2.09. The first-order valence-corrected chi connectivity index (χ1v) is 7.41. The van der Waals surface area contributed by atoms with Gasteiger partial charge in [0.05, 0.1) is 0 Å². The first kappa shape index (κ1) is 14.4. The van der Waals surface area contributed by atoms with E-state index in [2.05, 4.69) is 24.5 Å². The van der Waals surface area contributed by atoms with Crippen molar-refractivity contribution in [3.05, 3.63) is 0 Å². The lowest BCUT2D eigenvalue weighted by Gasteiger charge is -2.13. The van der Waals surface area contributed by atoms with Crippen LogP contribution in [0.5, 0.6) is 0 Å². The quantitative estimate of drug-likeness (QED) is 0.519. The van der Waals surface area contributed by atoms with Gasteiger partial charge in [-0.2, -0.15) is 11.8 Å². The minimum atomic E-state index is -0.365. The molecule has 98 valence electrons. The van der Waals surface area contributed by atoms with Crippen LogP contribution in [0.25, 0.3) is 0 Å². The monoisotopic (exact) mass is 258 g/mol. The summed E-state index contributed by atoms with van der Waals surface area (Å²) >= 11 is 1.76. The summed E-state index contributed by atoms with van der Waals surface area (Å²) in [4.78, 5) is 22.2. The third kappa shape index (κ3) is 5.44. The minimum absolute atomic E-state index is 0.194.